The predicted molar refractivity (Wildman–Crippen MR) is 87.9 cm³/mol. The van der Waals surface area contributed by atoms with Crippen LogP contribution in [-0.4, -0.2) is 12.0 Å². The van der Waals surface area contributed by atoms with Gasteiger partial charge >= 0.3 is 0 Å². The van der Waals surface area contributed by atoms with E-state index in [9.17, 15) is 0 Å². The average molecular weight is 384 g/mol. The average Bonchev–Trinajstić information content (AvgIpc) is 2.38. The molecule has 0 amide bonds. The van der Waals surface area contributed by atoms with Crippen LogP contribution in [0.2, 0.25) is 0 Å². The second-order valence-electron chi connectivity index (χ2n) is 4.53. The van der Waals surface area contributed by atoms with Crippen molar-refractivity contribution < 1.29 is 0 Å². The molecule has 2 rings (SSSR count). The van der Waals surface area contributed by atoms with Gasteiger partial charge in [-0.15, -0.1) is 0 Å². The number of hydrogen-bond acceptors (Lipinski definition) is 2. The summed E-state index contributed by atoms with van der Waals surface area (Å²) in [6.45, 7) is 2.82. The molecule has 4 heteroatoms. The molecule has 0 aliphatic carbocycles. The predicted octanol–water partition coefficient (Wildman–Crippen LogP) is 4.68. The van der Waals surface area contributed by atoms with Gasteiger partial charge in [-0.2, -0.15) is 0 Å². The minimum Gasteiger partial charge on any atom is -0.368 e. The quantitative estimate of drug-likeness (QED) is 0.712. The lowest BCUT2D eigenvalue weighted by molar-refractivity contribution is 0.872. The van der Waals surface area contributed by atoms with Crippen LogP contribution in [0.3, 0.4) is 0 Å². The number of aromatic nitrogens is 1. The van der Waals surface area contributed by atoms with Crippen molar-refractivity contribution >= 4 is 37.5 Å². The highest BCUT2D eigenvalue weighted by Crippen LogP contribution is 2.27. The highest BCUT2D eigenvalue weighted by Gasteiger charge is 2.09. The van der Waals surface area contributed by atoms with Gasteiger partial charge in [0.1, 0.15) is 0 Å². The van der Waals surface area contributed by atoms with Crippen molar-refractivity contribution in [2.75, 3.05) is 11.9 Å². The standard InChI is InChI=1S/C15H16Br2N2/c1-11-4-3-5-14(18-11)10-19(2)15-8-13(17)7-6-12(15)9-16/h3-8H,9-10H2,1-2H3. The van der Waals surface area contributed by atoms with Crippen LogP contribution in [0.1, 0.15) is 17.0 Å². The molecular formula is C15H16Br2N2. The molecule has 0 saturated heterocycles. The Hall–Kier alpha value is -0.870. The molecule has 0 atom stereocenters. The highest BCUT2D eigenvalue weighted by atomic mass is 79.9. The molecule has 0 bridgehead atoms. The lowest BCUT2D eigenvalue weighted by Gasteiger charge is -2.22. The van der Waals surface area contributed by atoms with Crippen molar-refractivity contribution in [2.45, 2.75) is 18.8 Å². The Morgan fingerprint density at radius 2 is 2.00 bits per heavy atom. The maximum Gasteiger partial charge on any atom is 0.0600 e. The van der Waals surface area contributed by atoms with Gasteiger partial charge < -0.3 is 4.90 Å². The molecule has 0 spiro atoms. The van der Waals surface area contributed by atoms with Crippen molar-refractivity contribution in [2.24, 2.45) is 0 Å². The van der Waals surface area contributed by atoms with Gasteiger partial charge in [-0.25, -0.2) is 0 Å². The molecule has 2 aromatic rings. The number of alkyl halides is 1. The molecule has 0 aliphatic rings. The molecule has 1 aromatic heterocycles. The van der Waals surface area contributed by atoms with Gasteiger partial charge in [-0.1, -0.05) is 44.0 Å². The Balaban J connectivity index is 2.24. The van der Waals surface area contributed by atoms with Crippen molar-refractivity contribution in [3.8, 4) is 0 Å². The number of anilines is 1. The van der Waals surface area contributed by atoms with E-state index in [4.69, 9.17) is 0 Å². The first-order chi connectivity index (χ1) is 9.10. The first kappa shape index (κ1) is 14.5. The zero-order valence-electron chi connectivity index (χ0n) is 11.0. The van der Waals surface area contributed by atoms with Crippen molar-refractivity contribution in [1.29, 1.82) is 0 Å². The Morgan fingerprint density at radius 3 is 2.68 bits per heavy atom. The maximum absolute atomic E-state index is 4.55. The van der Waals surface area contributed by atoms with Gasteiger partial charge in [0.2, 0.25) is 0 Å². The molecule has 0 radical (unpaired) electrons. The fourth-order valence-electron chi connectivity index (χ4n) is 2.02. The van der Waals surface area contributed by atoms with Crippen molar-refractivity contribution in [3.05, 3.63) is 57.8 Å². The van der Waals surface area contributed by atoms with E-state index in [1.807, 2.05) is 13.0 Å². The Bertz CT molecular complexity index is 570. The summed E-state index contributed by atoms with van der Waals surface area (Å²) in [6.07, 6.45) is 0. The van der Waals surface area contributed by atoms with E-state index in [2.05, 4.69) is 79.1 Å². The maximum atomic E-state index is 4.55. The summed E-state index contributed by atoms with van der Waals surface area (Å²) in [6, 6.07) is 12.5. The van der Waals surface area contributed by atoms with Crippen LogP contribution in [0.5, 0.6) is 0 Å². The Kier molecular flexibility index (Phi) is 4.99. The van der Waals surface area contributed by atoms with Gasteiger partial charge in [-0.05, 0) is 36.8 Å². The second-order valence-corrected chi connectivity index (χ2v) is 6.01. The van der Waals surface area contributed by atoms with Crippen LogP contribution >= 0.6 is 31.9 Å². The minimum absolute atomic E-state index is 0.804. The third-order valence-electron chi connectivity index (χ3n) is 2.95. The van der Waals surface area contributed by atoms with Crippen LogP contribution < -0.4 is 4.90 Å². The SMILES string of the molecule is Cc1cccc(CN(C)c2cc(Br)ccc2CBr)n1. The summed E-state index contributed by atoms with van der Waals surface area (Å²) in [5, 5.41) is 0.848. The number of nitrogens with zero attached hydrogens (tertiary/aromatic N) is 2. The van der Waals surface area contributed by atoms with Crippen LogP contribution in [-0.2, 0) is 11.9 Å². The van der Waals surface area contributed by atoms with Gasteiger partial charge in [0.15, 0.2) is 0 Å². The highest BCUT2D eigenvalue weighted by molar-refractivity contribution is 9.10. The lowest BCUT2D eigenvalue weighted by atomic mass is 10.2. The molecule has 100 valence electrons. The fourth-order valence-corrected chi connectivity index (χ4v) is 2.84. The minimum atomic E-state index is 0.804. The monoisotopic (exact) mass is 382 g/mol. The first-order valence-corrected chi connectivity index (χ1v) is 7.99. The number of aryl methyl sites for hydroxylation is 1. The molecule has 0 fully saturated rings. The number of pyridine rings is 1. The van der Waals surface area contributed by atoms with Gasteiger partial charge in [0.25, 0.3) is 0 Å². The normalized spacial score (nSPS) is 10.5. The third-order valence-corrected chi connectivity index (χ3v) is 4.05. The number of hydrogen-bond donors (Lipinski definition) is 0. The molecule has 0 aliphatic heterocycles. The summed E-state index contributed by atoms with van der Waals surface area (Å²) >= 11 is 7.07. The molecule has 0 saturated carbocycles. The molecule has 0 N–H and O–H groups in total. The zero-order chi connectivity index (χ0) is 13.8. The van der Waals surface area contributed by atoms with Crippen LogP contribution in [0.25, 0.3) is 0 Å². The summed E-state index contributed by atoms with van der Waals surface area (Å²) < 4.78 is 1.09. The van der Waals surface area contributed by atoms with E-state index in [1.54, 1.807) is 0 Å². The van der Waals surface area contributed by atoms with Crippen molar-refractivity contribution in [3.63, 3.8) is 0 Å². The Labute approximate surface area is 131 Å². The summed E-state index contributed by atoms with van der Waals surface area (Å²) in [4.78, 5) is 6.78. The molecule has 1 aromatic carbocycles. The van der Waals surface area contributed by atoms with Gasteiger partial charge in [0, 0.05) is 28.2 Å². The first-order valence-electron chi connectivity index (χ1n) is 6.08. The van der Waals surface area contributed by atoms with E-state index < -0.39 is 0 Å². The number of benzene rings is 1. The zero-order valence-corrected chi connectivity index (χ0v) is 14.2. The van der Waals surface area contributed by atoms with Crippen LogP contribution in [0.4, 0.5) is 5.69 Å². The van der Waals surface area contributed by atoms with E-state index >= 15 is 0 Å². The van der Waals surface area contributed by atoms with Gasteiger partial charge in [-0.3, -0.25) is 4.98 Å². The van der Waals surface area contributed by atoms with E-state index in [0.717, 1.165) is 27.7 Å². The van der Waals surface area contributed by atoms with Crippen LogP contribution in [0, 0.1) is 6.92 Å². The van der Waals surface area contributed by atoms with E-state index in [0.29, 0.717) is 0 Å². The molecular weight excluding hydrogens is 368 g/mol. The summed E-state index contributed by atoms with van der Waals surface area (Å²) in [5.41, 5.74) is 4.64. The number of halogens is 2. The molecule has 0 unspecified atom stereocenters. The topological polar surface area (TPSA) is 16.1 Å². The lowest BCUT2D eigenvalue weighted by Crippen LogP contribution is -2.18. The van der Waals surface area contributed by atoms with E-state index in [1.165, 1.54) is 11.3 Å². The smallest absolute Gasteiger partial charge is 0.0600 e. The van der Waals surface area contributed by atoms with Gasteiger partial charge in [0.05, 0.1) is 12.2 Å². The fraction of sp³-hybridized carbons (Fsp3) is 0.267. The third kappa shape index (κ3) is 3.80. The van der Waals surface area contributed by atoms with E-state index in [-0.39, 0.29) is 0 Å². The van der Waals surface area contributed by atoms with Crippen molar-refractivity contribution in [1.82, 2.24) is 4.98 Å². The largest absolute Gasteiger partial charge is 0.368 e. The summed E-state index contributed by atoms with van der Waals surface area (Å²) in [5.74, 6) is 0. The Morgan fingerprint density at radius 1 is 1.21 bits per heavy atom. The van der Waals surface area contributed by atoms with Crippen LogP contribution in [0.15, 0.2) is 40.9 Å². The molecule has 19 heavy (non-hydrogen) atoms. The molecule has 2 nitrogen and oxygen atoms in total. The molecule has 1 heterocycles. The number of rotatable bonds is 4. The summed E-state index contributed by atoms with van der Waals surface area (Å²) in [7, 11) is 2.10. The second kappa shape index (κ2) is 6.53.